The SMILES string of the molecule is CCn1nnnc1CC(C)C(C)O. The quantitative estimate of drug-likeness (QED) is 0.728. The van der Waals surface area contributed by atoms with Gasteiger partial charge < -0.3 is 5.11 Å². The van der Waals surface area contributed by atoms with Crippen LogP contribution in [0.2, 0.25) is 0 Å². The average Bonchev–Trinajstić information content (AvgIpc) is 2.51. The number of hydrogen-bond acceptors (Lipinski definition) is 4. The van der Waals surface area contributed by atoms with Crippen molar-refractivity contribution in [1.82, 2.24) is 20.2 Å². The fourth-order valence-corrected chi connectivity index (χ4v) is 1.07. The van der Waals surface area contributed by atoms with E-state index in [0.29, 0.717) is 0 Å². The second kappa shape index (κ2) is 4.32. The number of aromatic nitrogens is 4. The molecule has 13 heavy (non-hydrogen) atoms. The van der Waals surface area contributed by atoms with Crippen LogP contribution < -0.4 is 0 Å². The van der Waals surface area contributed by atoms with Gasteiger partial charge in [0.2, 0.25) is 0 Å². The zero-order valence-corrected chi connectivity index (χ0v) is 8.30. The van der Waals surface area contributed by atoms with Gasteiger partial charge in [-0.1, -0.05) is 6.92 Å². The molecule has 5 nitrogen and oxygen atoms in total. The first-order valence-corrected chi connectivity index (χ1v) is 4.58. The van der Waals surface area contributed by atoms with Gasteiger partial charge in [0.25, 0.3) is 0 Å². The molecule has 1 rings (SSSR count). The first-order valence-electron chi connectivity index (χ1n) is 4.58. The van der Waals surface area contributed by atoms with Gasteiger partial charge in [0.15, 0.2) is 5.82 Å². The molecule has 0 radical (unpaired) electrons. The Bertz CT molecular complexity index is 258. The van der Waals surface area contributed by atoms with E-state index in [9.17, 15) is 5.11 Å². The normalized spacial score (nSPS) is 15.7. The van der Waals surface area contributed by atoms with Crippen molar-refractivity contribution in [1.29, 1.82) is 0 Å². The van der Waals surface area contributed by atoms with E-state index < -0.39 is 0 Å². The summed E-state index contributed by atoms with van der Waals surface area (Å²) < 4.78 is 1.75. The molecule has 5 heteroatoms. The zero-order valence-electron chi connectivity index (χ0n) is 8.30. The minimum Gasteiger partial charge on any atom is -0.393 e. The Labute approximate surface area is 77.8 Å². The first-order chi connectivity index (χ1) is 6.15. The molecule has 0 bridgehead atoms. The molecule has 0 saturated heterocycles. The highest BCUT2D eigenvalue weighted by Crippen LogP contribution is 2.08. The molecule has 74 valence electrons. The van der Waals surface area contributed by atoms with Crippen molar-refractivity contribution in [3.8, 4) is 0 Å². The van der Waals surface area contributed by atoms with Crippen molar-refractivity contribution in [2.75, 3.05) is 0 Å². The summed E-state index contributed by atoms with van der Waals surface area (Å²) >= 11 is 0. The van der Waals surface area contributed by atoms with Crippen molar-refractivity contribution in [2.24, 2.45) is 5.92 Å². The molecule has 0 aromatic carbocycles. The van der Waals surface area contributed by atoms with Crippen molar-refractivity contribution < 1.29 is 5.11 Å². The highest BCUT2D eigenvalue weighted by Gasteiger charge is 2.13. The molecular weight excluding hydrogens is 168 g/mol. The lowest BCUT2D eigenvalue weighted by Crippen LogP contribution is -2.18. The second-order valence-corrected chi connectivity index (χ2v) is 3.33. The maximum Gasteiger partial charge on any atom is 0.151 e. The highest BCUT2D eigenvalue weighted by molar-refractivity contribution is 4.84. The van der Waals surface area contributed by atoms with Gasteiger partial charge in [0.1, 0.15) is 0 Å². The second-order valence-electron chi connectivity index (χ2n) is 3.33. The summed E-state index contributed by atoms with van der Waals surface area (Å²) in [5.41, 5.74) is 0. The number of aliphatic hydroxyl groups is 1. The van der Waals surface area contributed by atoms with Gasteiger partial charge in [-0.05, 0) is 30.2 Å². The van der Waals surface area contributed by atoms with E-state index in [1.54, 1.807) is 11.6 Å². The first kappa shape index (κ1) is 10.1. The Kier molecular flexibility index (Phi) is 3.36. The van der Waals surface area contributed by atoms with Gasteiger partial charge in [-0.25, -0.2) is 4.68 Å². The van der Waals surface area contributed by atoms with Gasteiger partial charge in [-0.2, -0.15) is 0 Å². The van der Waals surface area contributed by atoms with Crippen LogP contribution in [0.1, 0.15) is 26.6 Å². The lowest BCUT2D eigenvalue weighted by Gasteiger charge is -2.12. The third-order valence-corrected chi connectivity index (χ3v) is 2.23. The molecule has 0 fully saturated rings. The summed E-state index contributed by atoms with van der Waals surface area (Å²) in [5.74, 6) is 1.03. The molecule has 1 aromatic heterocycles. The Hall–Kier alpha value is -0.970. The van der Waals surface area contributed by atoms with Crippen molar-refractivity contribution >= 4 is 0 Å². The van der Waals surface area contributed by atoms with Crippen LogP contribution in [-0.2, 0) is 13.0 Å². The minimum atomic E-state index is -0.318. The van der Waals surface area contributed by atoms with E-state index in [1.807, 2.05) is 13.8 Å². The maximum absolute atomic E-state index is 9.31. The Morgan fingerprint density at radius 2 is 2.15 bits per heavy atom. The van der Waals surface area contributed by atoms with Crippen LogP contribution in [0, 0.1) is 5.92 Å². The predicted octanol–water partition coefficient (Wildman–Crippen LogP) is 0.252. The molecule has 2 unspecified atom stereocenters. The van der Waals surface area contributed by atoms with Gasteiger partial charge in [-0.15, -0.1) is 5.10 Å². The van der Waals surface area contributed by atoms with Gasteiger partial charge >= 0.3 is 0 Å². The number of hydrogen-bond donors (Lipinski definition) is 1. The number of tetrazole rings is 1. The van der Waals surface area contributed by atoms with E-state index >= 15 is 0 Å². The van der Waals surface area contributed by atoms with Crippen LogP contribution in [0.25, 0.3) is 0 Å². The smallest absolute Gasteiger partial charge is 0.151 e. The van der Waals surface area contributed by atoms with E-state index in [-0.39, 0.29) is 12.0 Å². The molecule has 1 aromatic rings. The van der Waals surface area contributed by atoms with E-state index in [2.05, 4.69) is 15.5 Å². The summed E-state index contributed by atoms with van der Waals surface area (Å²) in [7, 11) is 0. The van der Waals surface area contributed by atoms with Crippen LogP contribution in [0.15, 0.2) is 0 Å². The van der Waals surface area contributed by atoms with Crippen molar-refractivity contribution in [3.63, 3.8) is 0 Å². The fraction of sp³-hybridized carbons (Fsp3) is 0.875. The van der Waals surface area contributed by atoms with Gasteiger partial charge in [-0.3, -0.25) is 0 Å². The number of aliphatic hydroxyl groups excluding tert-OH is 1. The summed E-state index contributed by atoms with van der Waals surface area (Å²) in [6, 6.07) is 0. The van der Waals surface area contributed by atoms with Crippen molar-refractivity contribution in [2.45, 2.75) is 39.8 Å². The monoisotopic (exact) mass is 184 g/mol. The van der Waals surface area contributed by atoms with Crippen LogP contribution in [0.3, 0.4) is 0 Å². The van der Waals surface area contributed by atoms with Gasteiger partial charge in [0, 0.05) is 13.0 Å². The van der Waals surface area contributed by atoms with Crippen LogP contribution in [-0.4, -0.2) is 31.4 Å². The standard InChI is InChI=1S/C8H16N4O/c1-4-12-8(9-10-11-12)5-6(2)7(3)13/h6-7,13H,4-5H2,1-3H3. The fourth-order valence-electron chi connectivity index (χ4n) is 1.07. The number of nitrogens with zero attached hydrogens (tertiary/aromatic N) is 4. The Morgan fingerprint density at radius 3 is 2.69 bits per heavy atom. The molecule has 1 N–H and O–H groups in total. The molecule has 0 saturated carbocycles. The van der Waals surface area contributed by atoms with Crippen LogP contribution in [0.4, 0.5) is 0 Å². The average molecular weight is 184 g/mol. The highest BCUT2D eigenvalue weighted by atomic mass is 16.3. The van der Waals surface area contributed by atoms with Gasteiger partial charge in [0.05, 0.1) is 6.10 Å². The third kappa shape index (κ3) is 2.48. The lowest BCUT2D eigenvalue weighted by atomic mass is 10.0. The Balaban J connectivity index is 2.62. The van der Waals surface area contributed by atoms with E-state index in [4.69, 9.17) is 0 Å². The van der Waals surface area contributed by atoms with E-state index in [0.717, 1.165) is 18.8 Å². The maximum atomic E-state index is 9.31. The predicted molar refractivity (Wildman–Crippen MR) is 48.0 cm³/mol. The summed E-state index contributed by atoms with van der Waals surface area (Å²) in [5, 5.41) is 20.6. The largest absolute Gasteiger partial charge is 0.393 e. The molecule has 0 aliphatic carbocycles. The van der Waals surface area contributed by atoms with E-state index in [1.165, 1.54) is 0 Å². The zero-order chi connectivity index (χ0) is 9.84. The summed E-state index contributed by atoms with van der Waals surface area (Å²) in [6.45, 7) is 6.53. The summed E-state index contributed by atoms with van der Waals surface area (Å²) in [6.07, 6.45) is 0.403. The lowest BCUT2D eigenvalue weighted by molar-refractivity contribution is 0.133. The third-order valence-electron chi connectivity index (χ3n) is 2.23. The van der Waals surface area contributed by atoms with Crippen LogP contribution in [0.5, 0.6) is 0 Å². The molecule has 1 heterocycles. The molecule has 2 atom stereocenters. The minimum absolute atomic E-state index is 0.191. The molecule has 0 spiro atoms. The van der Waals surface area contributed by atoms with Crippen LogP contribution >= 0.6 is 0 Å². The molecular formula is C8H16N4O. The summed E-state index contributed by atoms with van der Waals surface area (Å²) in [4.78, 5) is 0. The Morgan fingerprint density at radius 1 is 1.46 bits per heavy atom. The topological polar surface area (TPSA) is 63.8 Å². The molecule has 0 aliphatic rings. The molecule has 0 aliphatic heterocycles. The molecule has 0 amide bonds. The van der Waals surface area contributed by atoms with Crippen molar-refractivity contribution in [3.05, 3.63) is 5.82 Å². The number of rotatable bonds is 4. The number of aryl methyl sites for hydroxylation is 1.